The smallest absolute Gasteiger partial charge is 0.0176 e. The predicted octanol–water partition coefficient (Wildman–Crippen LogP) is 4.09. The Labute approximate surface area is 93.4 Å². The lowest BCUT2D eigenvalue weighted by Gasteiger charge is -2.14. The number of nitrogens with zero attached hydrogens (tertiary/aromatic N) is 1. The molecule has 0 spiro atoms. The lowest BCUT2D eigenvalue weighted by molar-refractivity contribution is 0.582. The highest BCUT2D eigenvalue weighted by Gasteiger charge is 2.02. The highest BCUT2D eigenvalue weighted by molar-refractivity contribution is 7.96. The number of hydrogen-bond donors (Lipinski definition) is 0. The Hall–Kier alpha value is -0.370. The van der Waals surface area contributed by atoms with Crippen molar-refractivity contribution in [3.8, 4) is 0 Å². The summed E-state index contributed by atoms with van der Waals surface area (Å²) in [6, 6.07) is 0. The highest BCUT2D eigenvalue weighted by atomic mass is 32.2. The molecule has 1 nitrogen and oxygen atoms in total. The number of hydrogen-bond acceptors (Lipinski definition) is 2. The average Bonchev–Trinajstić information content (AvgIpc) is 2.10. The molecule has 0 aromatic carbocycles. The van der Waals surface area contributed by atoms with Gasteiger partial charge in [0.05, 0.1) is 0 Å². The van der Waals surface area contributed by atoms with Gasteiger partial charge in [-0.2, -0.15) is 0 Å². The molecule has 0 radical (unpaired) electrons. The Kier molecular flexibility index (Phi) is 6.81. The quantitative estimate of drug-likeness (QED) is 0.483. The maximum absolute atomic E-state index is 4.02. The van der Waals surface area contributed by atoms with Crippen molar-refractivity contribution in [2.75, 3.05) is 13.3 Å². The van der Waals surface area contributed by atoms with Gasteiger partial charge in [-0.05, 0) is 31.3 Å². The molecule has 0 saturated carbocycles. The van der Waals surface area contributed by atoms with Crippen molar-refractivity contribution in [2.24, 2.45) is 5.92 Å². The van der Waals surface area contributed by atoms with E-state index in [1.54, 1.807) is 11.9 Å². The zero-order valence-electron chi connectivity index (χ0n) is 10.1. The summed E-state index contributed by atoms with van der Waals surface area (Å²) in [5.74, 6) is 0.761. The molecule has 0 fully saturated rings. The molecule has 0 rings (SSSR count). The van der Waals surface area contributed by atoms with Gasteiger partial charge in [0, 0.05) is 19.5 Å². The summed E-state index contributed by atoms with van der Waals surface area (Å²) in [6.07, 6.45) is 6.64. The van der Waals surface area contributed by atoms with Crippen LogP contribution in [-0.4, -0.2) is 17.6 Å². The zero-order chi connectivity index (χ0) is 11.1. The molecule has 0 aliphatic rings. The Bertz CT molecular complexity index is 206. The second kappa shape index (κ2) is 6.99. The molecule has 0 aromatic rings. The van der Waals surface area contributed by atoms with Gasteiger partial charge < -0.3 is 4.31 Å². The van der Waals surface area contributed by atoms with Crippen LogP contribution in [0.3, 0.4) is 0 Å². The van der Waals surface area contributed by atoms with Gasteiger partial charge in [0.25, 0.3) is 0 Å². The van der Waals surface area contributed by atoms with Crippen molar-refractivity contribution in [1.82, 2.24) is 4.31 Å². The lowest BCUT2D eigenvalue weighted by atomic mass is 9.99. The topological polar surface area (TPSA) is 3.24 Å². The van der Waals surface area contributed by atoms with Crippen LogP contribution in [0.2, 0.25) is 0 Å². The summed E-state index contributed by atoms with van der Waals surface area (Å²) < 4.78 is 2.13. The monoisotopic (exact) mass is 213 g/mol. The first-order valence-electron chi connectivity index (χ1n) is 5.10. The Balaban J connectivity index is 4.29. The van der Waals surface area contributed by atoms with Gasteiger partial charge in [0.15, 0.2) is 0 Å². The van der Waals surface area contributed by atoms with Crippen molar-refractivity contribution in [2.45, 2.75) is 33.6 Å². The van der Waals surface area contributed by atoms with Crippen LogP contribution >= 0.6 is 11.9 Å². The second-order valence-corrected chi connectivity index (χ2v) is 5.04. The van der Waals surface area contributed by atoms with Gasteiger partial charge in [-0.25, -0.2) is 0 Å². The van der Waals surface area contributed by atoms with E-state index in [9.17, 15) is 0 Å². The summed E-state index contributed by atoms with van der Waals surface area (Å²) in [4.78, 5) is 0. The third kappa shape index (κ3) is 6.14. The van der Waals surface area contributed by atoms with E-state index in [-0.39, 0.29) is 0 Å². The summed E-state index contributed by atoms with van der Waals surface area (Å²) >= 11 is 1.72. The third-order valence-electron chi connectivity index (χ3n) is 2.16. The minimum Gasteiger partial charge on any atom is -0.326 e. The summed E-state index contributed by atoms with van der Waals surface area (Å²) in [5, 5.41) is 0. The van der Waals surface area contributed by atoms with Crippen LogP contribution in [0.15, 0.2) is 23.9 Å². The van der Waals surface area contributed by atoms with E-state index in [1.165, 1.54) is 17.6 Å². The van der Waals surface area contributed by atoms with Crippen LogP contribution in [0, 0.1) is 5.92 Å². The van der Waals surface area contributed by atoms with Gasteiger partial charge in [-0.3, -0.25) is 0 Å². The fourth-order valence-corrected chi connectivity index (χ4v) is 1.34. The first kappa shape index (κ1) is 13.6. The third-order valence-corrected chi connectivity index (χ3v) is 2.85. The average molecular weight is 213 g/mol. The maximum Gasteiger partial charge on any atom is 0.0176 e. The molecule has 0 amide bonds. The molecule has 82 valence electrons. The zero-order valence-corrected chi connectivity index (χ0v) is 10.9. The van der Waals surface area contributed by atoms with Crippen LogP contribution in [0.4, 0.5) is 0 Å². The van der Waals surface area contributed by atoms with Crippen LogP contribution < -0.4 is 0 Å². The SMILES string of the molecule is C=C(C)/C(=C\N(C)SC)CCC(C)C. The molecule has 0 aliphatic heterocycles. The van der Waals surface area contributed by atoms with Crippen LogP contribution in [0.25, 0.3) is 0 Å². The molecular weight excluding hydrogens is 190 g/mol. The number of allylic oxidation sites excluding steroid dienone is 2. The maximum atomic E-state index is 4.02. The van der Waals surface area contributed by atoms with Gasteiger partial charge >= 0.3 is 0 Å². The van der Waals surface area contributed by atoms with Crippen molar-refractivity contribution in [1.29, 1.82) is 0 Å². The van der Waals surface area contributed by atoms with E-state index >= 15 is 0 Å². The fraction of sp³-hybridized carbons (Fsp3) is 0.667. The molecule has 0 N–H and O–H groups in total. The number of rotatable bonds is 6. The van der Waals surface area contributed by atoms with Crippen molar-refractivity contribution < 1.29 is 0 Å². The Morgan fingerprint density at radius 2 is 2.07 bits per heavy atom. The normalized spacial score (nSPS) is 12.0. The highest BCUT2D eigenvalue weighted by Crippen LogP contribution is 2.19. The molecule has 14 heavy (non-hydrogen) atoms. The van der Waals surface area contributed by atoms with E-state index in [4.69, 9.17) is 0 Å². The summed E-state index contributed by atoms with van der Waals surface area (Å²) in [5.41, 5.74) is 2.56. The van der Waals surface area contributed by atoms with Gasteiger partial charge in [-0.1, -0.05) is 37.9 Å². The molecule has 0 unspecified atom stereocenters. The molecule has 0 heterocycles. The summed E-state index contributed by atoms with van der Waals surface area (Å²) in [6.45, 7) is 10.6. The van der Waals surface area contributed by atoms with Gasteiger partial charge in [0.1, 0.15) is 0 Å². The van der Waals surface area contributed by atoms with E-state index < -0.39 is 0 Å². The predicted molar refractivity (Wildman–Crippen MR) is 68.2 cm³/mol. The van der Waals surface area contributed by atoms with E-state index in [1.807, 2.05) is 0 Å². The molecule has 0 aliphatic carbocycles. The second-order valence-electron chi connectivity index (χ2n) is 4.10. The van der Waals surface area contributed by atoms with Gasteiger partial charge in [-0.15, -0.1) is 0 Å². The Morgan fingerprint density at radius 1 is 1.50 bits per heavy atom. The van der Waals surface area contributed by atoms with Crippen molar-refractivity contribution >= 4 is 11.9 Å². The fourth-order valence-electron chi connectivity index (χ4n) is 1.10. The van der Waals surface area contributed by atoms with E-state index in [0.29, 0.717) is 0 Å². The summed E-state index contributed by atoms with van der Waals surface area (Å²) in [7, 11) is 2.07. The molecule has 0 saturated heterocycles. The molecular formula is C12H23NS. The van der Waals surface area contributed by atoms with Crippen molar-refractivity contribution in [3.05, 3.63) is 23.9 Å². The standard InChI is InChI=1S/C12H23NS/c1-10(2)7-8-12(11(3)4)9-13(5)14-6/h9-10H,3,7-8H2,1-2,4-6H3/b12-9-. The van der Waals surface area contributed by atoms with Crippen molar-refractivity contribution in [3.63, 3.8) is 0 Å². The van der Waals surface area contributed by atoms with Crippen LogP contribution in [0.5, 0.6) is 0 Å². The Morgan fingerprint density at radius 3 is 2.43 bits per heavy atom. The van der Waals surface area contributed by atoms with E-state index in [2.05, 4.69) is 51.2 Å². The lowest BCUT2D eigenvalue weighted by Crippen LogP contribution is -2.01. The molecule has 0 aromatic heterocycles. The molecule has 0 bridgehead atoms. The van der Waals surface area contributed by atoms with Crippen LogP contribution in [-0.2, 0) is 0 Å². The first-order valence-corrected chi connectivity index (χ1v) is 6.29. The van der Waals surface area contributed by atoms with E-state index in [0.717, 1.165) is 12.3 Å². The first-order chi connectivity index (χ1) is 6.47. The minimum absolute atomic E-state index is 0.761. The van der Waals surface area contributed by atoms with Crippen LogP contribution in [0.1, 0.15) is 33.6 Å². The molecule has 0 atom stereocenters. The molecule has 2 heteroatoms. The van der Waals surface area contributed by atoms with Gasteiger partial charge in [0.2, 0.25) is 0 Å². The largest absolute Gasteiger partial charge is 0.326 e. The minimum atomic E-state index is 0.761.